The van der Waals surface area contributed by atoms with Gasteiger partial charge in [0.05, 0.1) is 12.2 Å². The first kappa shape index (κ1) is 11.4. The predicted octanol–water partition coefficient (Wildman–Crippen LogP) is 1.70. The highest BCUT2D eigenvalue weighted by Crippen LogP contribution is 2.43. The highest BCUT2D eigenvalue weighted by Gasteiger charge is 2.48. The molecule has 1 heterocycles. The van der Waals surface area contributed by atoms with Crippen LogP contribution in [0.25, 0.3) is 0 Å². The van der Waals surface area contributed by atoms with E-state index in [9.17, 15) is 0 Å². The van der Waals surface area contributed by atoms with Gasteiger partial charge >= 0.3 is 0 Å². The molecule has 88 valence electrons. The van der Waals surface area contributed by atoms with Crippen molar-refractivity contribution < 1.29 is 9.47 Å². The van der Waals surface area contributed by atoms with Crippen LogP contribution in [0.4, 0.5) is 0 Å². The summed E-state index contributed by atoms with van der Waals surface area (Å²) < 4.78 is 11.4. The normalized spacial score (nSPS) is 36.4. The summed E-state index contributed by atoms with van der Waals surface area (Å²) in [6.07, 6.45) is 5.13. The maximum Gasteiger partial charge on any atom is 0.0784 e. The zero-order valence-electron chi connectivity index (χ0n) is 9.87. The fourth-order valence-corrected chi connectivity index (χ4v) is 2.44. The van der Waals surface area contributed by atoms with Crippen molar-refractivity contribution in [2.24, 2.45) is 11.7 Å². The zero-order chi connectivity index (χ0) is 10.9. The maximum absolute atomic E-state index is 6.43. The topological polar surface area (TPSA) is 44.5 Å². The second-order valence-corrected chi connectivity index (χ2v) is 5.28. The van der Waals surface area contributed by atoms with Crippen LogP contribution in [0.3, 0.4) is 0 Å². The Morgan fingerprint density at radius 3 is 2.80 bits per heavy atom. The van der Waals surface area contributed by atoms with E-state index in [0.717, 1.165) is 32.0 Å². The molecule has 0 spiro atoms. The molecule has 1 aliphatic carbocycles. The Labute approximate surface area is 92.3 Å². The lowest BCUT2D eigenvalue weighted by Crippen LogP contribution is -2.49. The van der Waals surface area contributed by atoms with Gasteiger partial charge in [-0.05, 0) is 45.4 Å². The first-order valence-electron chi connectivity index (χ1n) is 6.14. The van der Waals surface area contributed by atoms with Crippen molar-refractivity contribution in [3.05, 3.63) is 0 Å². The molecule has 1 saturated carbocycles. The van der Waals surface area contributed by atoms with E-state index >= 15 is 0 Å². The lowest BCUT2D eigenvalue weighted by Gasteiger charge is -2.30. The molecule has 2 aliphatic rings. The van der Waals surface area contributed by atoms with Gasteiger partial charge in [0.1, 0.15) is 0 Å². The molecule has 0 aromatic carbocycles. The van der Waals surface area contributed by atoms with Crippen LogP contribution >= 0.6 is 0 Å². The largest absolute Gasteiger partial charge is 0.379 e. The van der Waals surface area contributed by atoms with Gasteiger partial charge in [-0.2, -0.15) is 0 Å². The summed E-state index contributed by atoms with van der Waals surface area (Å²) >= 11 is 0. The lowest BCUT2D eigenvalue weighted by atomic mass is 9.86. The predicted molar refractivity (Wildman–Crippen MR) is 59.7 cm³/mol. The van der Waals surface area contributed by atoms with Crippen LogP contribution in [-0.4, -0.2) is 31.0 Å². The minimum Gasteiger partial charge on any atom is -0.379 e. The molecule has 2 fully saturated rings. The molecular formula is C12H23NO2. The Morgan fingerprint density at radius 2 is 2.20 bits per heavy atom. The van der Waals surface area contributed by atoms with Gasteiger partial charge in [0, 0.05) is 18.8 Å². The van der Waals surface area contributed by atoms with Gasteiger partial charge in [-0.15, -0.1) is 0 Å². The monoisotopic (exact) mass is 213 g/mol. The maximum atomic E-state index is 6.43. The molecule has 2 unspecified atom stereocenters. The third-order valence-electron chi connectivity index (χ3n) is 3.50. The summed E-state index contributed by atoms with van der Waals surface area (Å²) in [7, 11) is 0. The average Bonchev–Trinajstić information content (AvgIpc) is 2.90. The highest BCUT2D eigenvalue weighted by molar-refractivity contribution is 5.03. The van der Waals surface area contributed by atoms with Crippen molar-refractivity contribution >= 4 is 0 Å². The van der Waals surface area contributed by atoms with Crippen molar-refractivity contribution in [1.82, 2.24) is 0 Å². The molecule has 0 bridgehead atoms. The molecule has 0 radical (unpaired) electrons. The number of hydrogen-bond acceptors (Lipinski definition) is 3. The average molecular weight is 213 g/mol. The van der Waals surface area contributed by atoms with E-state index in [1.807, 2.05) is 0 Å². The molecule has 3 nitrogen and oxygen atoms in total. The second-order valence-electron chi connectivity index (χ2n) is 5.28. The third kappa shape index (κ3) is 2.71. The van der Waals surface area contributed by atoms with Gasteiger partial charge in [0.15, 0.2) is 0 Å². The van der Waals surface area contributed by atoms with E-state index in [-0.39, 0.29) is 5.54 Å². The van der Waals surface area contributed by atoms with E-state index in [4.69, 9.17) is 15.2 Å². The van der Waals surface area contributed by atoms with Gasteiger partial charge in [-0.25, -0.2) is 0 Å². The zero-order valence-corrected chi connectivity index (χ0v) is 9.87. The van der Waals surface area contributed by atoms with E-state index in [0.29, 0.717) is 12.2 Å². The first-order valence-corrected chi connectivity index (χ1v) is 6.14. The summed E-state index contributed by atoms with van der Waals surface area (Å²) in [6, 6.07) is 0. The SMILES string of the molecule is CC(C)OCCC1(N)CCOC1C1CC1. The molecule has 3 heteroatoms. The van der Waals surface area contributed by atoms with Gasteiger partial charge < -0.3 is 15.2 Å². The highest BCUT2D eigenvalue weighted by atomic mass is 16.5. The molecular weight excluding hydrogens is 190 g/mol. The van der Waals surface area contributed by atoms with Gasteiger partial charge in [-0.1, -0.05) is 0 Å². The molecule has 2 N–H and O–H groups in total. The fourth-order valence-electron chi connectivity index (χ4n) is 2.44. The number of hydrogen-bond donors (Lipinski definition) is 1. The minimum absolute atomic E-state index is 0.115. The van der Waals surface area contributed by atoms with Crippen molar-refractivity contribution in [3.8, 4) is 0 Å². The number of nitrogens with two attached hydrogens (primary N) is 1. The Hall–Kier alpha value is -0.120. The smallest absolute Gasteiger partial charge is 0.0784 e. The second kappa shape index (κ2) is 4.40. The standard InChI is InChI=1S/C12H23NO2/c1-9(2)14-7-5-12(13)6-8-15-11(12)10-3-4-10/h9-11H,3-8,13H2,1-2H3. The number of rotatable bonds is 5. The Bertz CT molecular complexity index is 216. The van der Waals surface area contributed by atoms with Crippen LogP contribution in [0.15, 0.2) is 0 Å². The number of ether oxygens (including phenoxy) is 2. The fraction of sp³-hybridized carbons (Fsp3) is 1.00. The molecule has 0 aromatic rings. The molecule has 0 amide bonds. The summed E-state index contributed by atoms with van der Waals surface area (Å²) in [5.41, 5.74) is 6.31. The lowest BCUT2D eigenvalue weighted by molar-refractivity contribution is 0.0303. The van der Waals surface area contributed by atoms with Crippen LogP contribution in [0.2, 0.25) is 0 Å². The molecule has 15 heavy (non-hydrogen) atoms. The van der Waals surface area contributed by atoms with Crippen LogP contribution in [0, 0.1) is 5.92 Å². The van der Waals surface area contributed by atoms with Crippen molar-refractivity contribution in [2.75, 3.05) is 13.2 Å². The molecule has 1 aliphatic heterocycles. The Kier molecular flexibility index (Phi) is 3.33. The van der Waals surface area contributed by atoms with E-state index in [1.165, 1.54) is 12.8 Å². The Balaban J connectivity index is 1.81. The molecule has 1 saturated heterocycles. The van der Waals surface area contributed by atoms with E-state index in [1.54, 1.807) is 0 Å². The molecule has 2 atom stereocenters. The van der Waals surface area contributed by atoms with Crippen LogP contribution in [-0.2, 0) is 9.47 Å². The Morgan fingerprint density at radius 1 is 1.47 bits per heavy atom. The summed E-state index contributed by atoms with van der Waals surface area (Å²) in [6.45, 7) is 5.72. The van der Waals surface area contributed by atoms with Gasteiger partial charge in [0.25, 0.3) is 0 Å². The summed E-state index contributed by atoms with van der Waals surface area (Å²) in [5.74, 6) is 0.733. The van der Waals surface area contributed by atoms with Crippen LogP contribution in [0.1, 0.15) is 39.5 Å². The van der Waals surface area contributed by atoms with Crippen molar-refractivity contribution in [1.29, 1.82) is 0 Å². The van der Waals surface area contributed by atoms with Crippen molar-refractivity contribution in [3.63, 3.8) is 0 Å². The summed E-state index contributed by atoms with van der Waals surface area (Å²) in [5, 5.41) is 0. The molecule has 0 aromatic heterocycles. The van der Waals surface area contributed by atoms with Crippen molar-refractivity contribution in [2.45, 2.75) is 57.3 Å². The third-order valence-corrected chi connectivity index (χ3v) is 3.50. The van der Waals surface area contributed by atoms with Crippen LogP contribution < -0.4 is 5.73 Å². The van der Waals surface area contributed by atoms with Gasteiger partial charge in [0.2, 0.25) is 0 Å². The quantitative estimate of drug-likeness (QED) is 0.756. The summed E-state index contributed by atoms with van der Waals surface area (Å²) in [4.78, 5) is 0. The first-order chi connectivity index (χ1) is 7.12. The minimum atomic E-state index is -0.115. The molecule has 2 rings (SSSR count). The van der Waals surface area contributed by atoms with E-state index < -0.39 is 0 Å². The van der Waals surface area contributed by atoms with Crippen LogP contribution in [0.5, 0.6) is 0 Å². The van der Waals surface area contributed by atoms with Gasteiger partial charge in [-0.3, -0.25) is 0 Å². The van der Waals surface area contributed by atoms with E-state index in [2.05, 4.69) is 13.8 Å².